The molecule has 0 bridgehead atoms. The van der Waals surface area contributed by atoms with Crippen molar-refractivity contribution in [2.75, 3.05) is 5.32 Å². The molecule has 1 heterocycles. The predicted octanol–water partition coefficient (Wildman–Crippen LogP) is 1.51. The van der Waals surface area contributed by atoms with Gasteiger partial charge in [0.15, 0.2) is 0 Å². The average molecular weight is 248 g/mol. The molecule has 2 rings (SSSR count). The van der Waals surface area contributed by atoms with E-state index in [1.807, 2.05) is 0 Å². The van der Waals surface area contributed by atoms with E-state index in [9.17, 15) is 9.59 Å². The topological polar surface area (TPSA) is 70.6 Å². The molecule has 0 aromatic heterocycles. The molecule has 0 unspecified atom stereocenters. The SMILES string of the molecule is [2H]C([2H])([2H])[C@@H]1CC(=O)NN=C1c1ccc(NC(C)=O)cc1. The maximum Gasteiger partial charge on any atom is 0.240 e. The number of nitrogens with one attached hydrogen (secondary N) is 2. The summed E-state index contributed by atoms with van der Waals surface area (Å²) in [6, 6.07) is 6.65. The molecule has 1 aliphatic rings. The molecular weight excluding hydrogens is 230 g/mol. The summed E-state index contributed by atoms with van der Waals surface area (Å²) in [5.74, 6) is -1.53. The molecule has 0 saturated carbocycles. The van der Waals surface area contributed by atoms with Gasteiger partial charge >= 0.3 is 0 Å². The van der Waals surface area contributed by atoms with Crippen LogP contribution in [0.5, 0.6) is 0 Å². The van der Waals surface area contributed by atoms with Gasteiger partial charge in [0.2, 0.25) is 11.8 Å². The Balaban J connectivity index is 2.30. The van der Waals surface area contributed by atoms with Gasteiger partial charge in [0.05, 0.1) is 5.71 Å². The van der Waals surface area contributed by atoms with Gasteiger partial charge in [-0.3, -0.25) is 9.59 Å². The molecule has 1 atom stereocenters. The normalized spacial score (nSPS) is 22.1. The molecule has 5 heteroatoms. The number of hydrazone groups is 1. The van der Waals surface area contributed by atoms with Gasteiger partial charge in [-0.1, -0.05) is 19.0 Å². The minimum absolute atomic E-state index is 0.122. The van der Waals surface area contributed by atoms with Crippen molar-refractivity contribution in [1.82, 2.24) is 5.43 Å². The van der Waals surface area contributed by atoms with Crippen molar-refractivity contribution < 1.29 is 13.7 Å². The van der Waals surface area contributed by atoms with Crippen LogP contribution in [0.4, 0.5) is 5.69 Å². The third kappa shape index (κ3) is 2.74. The number of nitrogens with zero attached hydrogens (tertiary/aromatic N) is 1. The Kier molecular flexibility index (Phi) is 2.46. The monoisotopic (exact) mass is 248 g/mol. The van der Waals surface area contributed by atoms with Crippen LogP contribution in [0.15, 0.2) is 29.4 Å². The second-order valence-corrected chi connectivity index (χ2v) is 4.05. The fourth-order valence-electron chi connectivity index (χ4n) is 1.72. The van der Waals surface area contributed by atoms with Crippen molar-refractivity contribution in [1.29, 1.82) is 0 Å². The number of hydrogen-bond donors (Lipinski definition) is 2. The largest absolute Gasteiger partial charge is 0.326 e. The molecule has 5 nitrogen and oxygen atoms in total. The van der Waals surface area contributed by atoms with Crippen LogP contribution in [0.25, 0.3) is 0 Å². The average Bonchev–Trinajstić information content (AvgIpc) is 2.38. The summed E-state index contributed by atoms with van der Waals surface area (Å²) in [5.41, 5.74) is 3.84. The van der Waals surface area contributed by atoms with E-state index in [2.05, 4.69) is 15.8 Å². The molecule has 1 aromatic carbocycles. The maximum absolute atomic E-state index is 11.4. The number of hydrogen-bond acceptors (Lipinski definition) is 3. The van der Waals surface area contributed by atoms with E-state index in [1.54, 1.807) is 24.3 Å². The molecule has 1 aliphatic heterocycles. The quantitative estimate of drug-likeness (QED) is 0.832. The summed E-state index contributed by atoms with van der Waals surface area (Å²) in [6.45, 7) is -0.897. The summed E-state index contributed by atoms with van der Waals surface area (Å²) in [4.78, 5) is 22.3. The number of anilines is 1. The highest BCUT2D eigenvalue weighted by Crippen LogP contribution is 2.18. The van der Waals surface area contributed by atoms with Crippen LogP contribution in [0.3, 0.4) is 0 Å². The van der Waals surface area contributed by atoms with Crippen LogP contribution in [-0.2, 0) is 9.59 Å². The lowest BCUT2D eigenvalue weighted by Crippen LogP contribution is -2.31. The first-order chi connectivity index (χ1) is 9.77. The van der Waals surface area contributed by atoms with Gasteiger partial charge in [0, 0.05) is 29.1 Å². The Bertz CT molecular complexity index is 594. The summed E-state index contributed by atoms with van der Waals surface area (Å²) in [6.07, 6.45) is -0.122. The van der Waals surface area contributed by atoms with Gasteiger partial charge < -0.3 is 5.32 Å². The lowest BCUT2D eigenvalue weighted by Gasteiger charge is -2.19. The van der Waals surface area contributed by atoms with E-state index in [4.69, 9.17) is 4.11 Å². The van der Waals surface area contributed by atoms with Crippen LogP contribution in [0.1, 0.15) is 29.9 Å². The van der Waals surface area contributed by atoms with Gasteiger partial charge in [0.1, 0.15) is 0 Å². The molecule has 94 valence electrons. The molecule has 0 fully saturated rings. The van der Waals surface area contributed by atoms with Gasteiger partial charge in [-0.15, -0.1) is 0 Å². The van der Waals surface area contributed by atoms with E-state index >= 15 is 0 Å². The van der Waals surface area contributed by atoms with Crippen molar-refractivity contribution in [2.24, 2.45) is 11.0 Å². The van der Waals surface area contributed by atoms with E-state index in [-0.39, 0.29) is 12.3 Å². The zero-order chi connectivity index (χ0) is 15.6. The molecule has 2 amide bonds. The van der Waals surface area contributed by atoms with Crippen LogP contribution >= 0.6 is 0 Å². The summed E-state index contributed by atoms with van der Waals surface area (Å²) in [5, 5.41) is 6.51. The van der Waals surface area contributed by atoms with Gasteiger partial charge in [-0.05, 0) is 17.7 Å². The zero-order valence-corrected chi connectivity index (χ0v) is 9.86. The molecule has 1 aromatic rings. The fourth-order valence-corrected chi connectivity index (χ4v) is 1.72. The summed E-state index contributed by atoms with van der Waals surface area (Å²) < 4.78 is 22.6. The first-order valence-corrected chi connectivity index (χ1v) is 5.52. The predicted molar refractivity (Wildman–Crippen MR) is 69.2 cm³/mol. The molecule has 0 aliphatic carbocycles. The Hall–Kier alpha value is -2.17. The highest BCUT2D eigenvalue weighted by atomic mass is 16.2. The second kappa shape index (κ2) is 5.00. The number of carbonyl (C=O) groups is 2. The number of carbonyl (C=O) groups excluding carboxylic acids is 2. The Labute approximate surface area is 109 Å². The minimum Gasteiger partial charge on any atom is -0.326 e. The van der Waals surface area contributed by atoms with E-state index in [1.165, 1.54) is 6.92 Å². The van der Waals surface area contributed by atoms with E-state index < -0.39 is 18.7 Å². The highest BCUT2D eigenvalue weighted by molar-refractivity contribution is 6.06. The number of amides is 2. The van der Waals surface area contributed by atoms with E-state index in [0.717, 1.165) is 0 Å². The summed E-state index contributed by atoms with van der Waals surface area (Å²) >= 11 is 0. The molecule has 0 radical (unpaired) electrons. The molecule has 2 N–H and O–H groups in total. The maximum atomic E-state index is 11.4. The van der Waals surface area contributed by atoms with Gasteiger partial charge in [0.25, 0.3) is 0 Å². The van der Waals surface area contributed by atoms with Crippen LogP contribution < -0.4 is 10.7 Å². The fraction of sp³-hybridized carbons (Fsp3) is 0.308. The Morgan fingerprint density at radius 3 is 2.83 bits per heavy atom. The standard InChI is InChI=1S/C13H15N3O2/c1-8-7-12(18)15-16-13(8)10-3-5-11(6-4-10)14-9(2)17/h3-6,8H,7H2,1-2H3,(H,14,17)(H,15,18)/t8-/m1/s1/i1D3. The van der Waals surface area contributed by atoms with Crippen LogP contribution in [0.2, 0.25) is 0 Å². The lowest BCUT2D eigenvalue weighted by atomic mass is 9.94. The molecule has 0 saturated heterocycles. The van der Waals surface area contributed by atoms with Crippen molar-refractivity contribution >= 4 is 23.2 Å². The van der Waals surface area contributed by atoms with Gasteiger partial charge in [-0.2, -0.15) is 5.10 Å². The third-order valence-electron chi connectivity index (χ3n) is 2.52. The van der Waals surface area contributed by atoms with Gasteiger partial charge in [-0.25, -0.2) is 5.43 Å². The minimum atomic E-state index is -2.30. The Morgan fingerprint density at radius 2 is 2.22 bits per heavy atom. The first kappa shape index (κ1) is 8.85. The lowest BCUT2D eigenvalue weighted by molar-refractivity contribution is -0.122. The van der Waals surface area contributed by atoms with Crippen LogP contribution in [0, 0.1) is 5.92 Å². The van der Waals surface area contributed by atoms with Crippen molar-refractivity contribution in [3.8, 4) is 0 Å². The molecule has 0 spiro atoms. The molecular formula is C13H15N3O2. The Morgan fingerprint density at radius 1 is 1.50 bits per heavy atom. The van der Waals surface area contributed by atoms with E-state index in [0.29, 0.717) is 17.0 Å². The first-order valence-electron chi connectivity index (χ1n) is 7.02. The zero-order valence-electron chi connectivity index (χ0n) is 12.9. The summed E-state index contributed by atoms with van der Waals surface area (Å²) in [7, 11) is 0. The third-order valence-corrected chi connectivity index (χ3v) is 2.52. The smallest absolute Gasteiger partial charge is 0.240 e. The number of benzene rings is 1. The van der Waals surface area contributed by atoms with Crippen molar-refractivity contribution in [3.05, 3.63) is 29.8 Å². The van der Waals surface area contributed by atoms with Crippen molar-refractivity contribution in [2.45, 2.75) is 20.2 Å². The number of rotatable bonds is 2. The van der Waals surface area contributed by atoms with Crippen molar-refractivity contribution in [3.63, 3.8) is 0 Å². The second-order valence-electron chi connectivity index (χ2n) is 4.05. The highest BCUT2D eigenvalue weighted by Gasteiger charge is 2.21. The molecule has 18 heavy (non-hydrogen) atoms. The van der Waals surface area contributed by atoms with Crippen LogP contribution in [-0.4, -0.2) is 17.5 Å².